The van der Waals surface area contributed by atoms with Crippen molar-refractivity contribution < 1.29 is 9.18 Å². The van der Waals surface area contributed by atoms with E-state index >= 15 is 0 Å². The van der Waals surface area contributed by atoms with Crippen LogP contribution in [0.5, 0.6) is 0 Å². The molecular weight excluding hydrogens is 333 g/mol. The molecule has 0 saturated heterocycles. The van der Waals surface area contributed by atoms with E-state index in [1.165, 1.54) is 12.1 Å². The van der Waals surface area contributed by atoms with Gasteiger partial charge in [0, 0.05) is 22.4 Å². The molecule has 0 aromatic carbocycles. The molecule has 7 heteroatoms. The summed E-state index contributed by atoms with van der Waals surface area (Å²) in [6, 6.07) is 2.84. The Balaban J connectivity index is 1.47. The van der Waals surface area contributed by atoms with Crippen molar-refractivity contribution >= 4 is 29.0 Å². The van der Waals surface area contributed by atoms with Gasteiger partial charge in [-0.25, -0.2) is 14.4 Å². The smallest absolute Gasteiger partial charge is 0.270 e. The summed E-state index contributed by atoms with van der Waals surface area (Å²) in [5.74, 6) is -0.659. The van der Waals surface area contributed by atoms with Crippen LogP contribution in [0.2, 0.25) is 0 Å². The van der Waals surface area contributed by atoms with Crippen molar-refractivity contribution in [2.24, 2.45) is 0 Å². The summed E-state index contributed by atoms with van der Waals surface area (Å²) < 4.78 is 14.0. The summed E-state index contributed by atoms with van der Waals surface area (Å²) in [7, 11) is 0. The van der Waals surface area contributed by atoms with Gasteiger partial charge >= 0.3 is 0 Å². The van der Waals surface area contributed by atoms with Gasteiger partial charge in [0.25, 0.3) is 5.91 Å². The standard InChI is InChI=1S/C16H18FN3OS2/c1-10-9-22-16(19-10)23-13-5-3-12(4-6-13)20-15(21)14-7-2-11(17)8-18-14/h2,7-9,12-13H,3-6H2,1H3,(H,20,21). The predicted octanol–water partition coefficient (Wildman–Crippen LogP) is 3.82. The Bertz CT molecular complexity index is 666. The van der Waals surface area contributed by atoms with Crippen LogP contribution in [0.15, 0.2) is 28.0 Å². The highest BCUT2D eigenvalue weighted by Crippen LogP contribution is 2.35. The first-order valence-electron chi connectivity index (χ1n) is 7.61. The quantitative estimate of drug-likeness (QED) is 0.910. The second-order valence-electron chi connectivity index (χ2n) is 5.68. The van der Waals surface area contributed by atoms with Crippen LogP contribution in [-0.2, 0) is 0 Å². The third-order valence-electron chi connectivity index (χ3n) is 3.83. The number of carbonyl (C=O) groups excluding carboxylic acids is 1. The van der Waals surface area contributed by atoms with Crippen LogP contribution in [0.3, 0.4) is 0 Å². The topological polar surface area (TPSA) is 54.9 Å². The molecular formula is C16H18FN3OS2. The molecule has 3 rings (SSSR count). The molecule has 2 aromatic heterocycles. The van der Waals surface area contributed by atoms with Gasteiger partial charge in [-0.3, -0.25) is 4.79 Å². The molecule has 0 spiro atoms. The van der Waals surface area contributed by atoms with Crippen LogP contribution in [0.25, 0.3) is 0 Å². The van der Waals surface area contributed by atoms with E-state index in [-0.39, 0.29) is 17.6 Å². The summed E-state index contributed by atoms with van der Waals surface area (Å²) >= 11 is 3.54. The summed E-state index contributed by atoms with van der Waals surface area (Å²) in [4.78, 5) is 20.4. The fourth-order valence-electron chi connectivity index (χ4n) is 2.62. The van der Waals surface area contributed by atoms with Crippen LogP contribution < -0.4 is 5.32 Å². The number of amides is 1. The minimum Gasteiger partial charge on any atom is -0.348 e. The zero-order chi connectivity index (χ0) is 16.2. The highest BCUT2D eigenvalue weighted by atomic mass is 32.2. The number of halogens is 1. The first-order chi connectivity index (χ1) is 11.1. The molecule has 1 fully saturated rings. The lowest BCUT2D eigenvalue weighted by Crippen LogP contribution is -2.38. The van der Waals surface area contributed by atoms with Crippen LogP contribution in [0.4, 0.5) is 4.39 Å². The zero-order valence-corrected chi connectivity index (χ0v) is 14.4. The second-order valence-corrected chi connectivity index (χ2v) is 8.09. The van der Waals surface area contributed by atoms with Crippen LogP contribution >= 0.6 is 23.1 Å². The number of aromatic nitrogens is 2. The van der Waals surface area contributed by atoms with E-state index in [4.69, 9.17) is 0 Å². The van der Waals surface area contributed by atoms with Crippen molar-refractivity contribution in [3.05, 3.63) is 40.9 Å². The van der Waals surface area contributed by atoms with Gasteiger partial charge in [0.1, 0.15) is 15.9 Å². The number of hydrogen-bond donors (Lipinski definition) is 1. The Morgan fingerprint density at radius 2 is 2.13 bits per heavy atom. The lowest BCUT2D eigenvalue weighted by Gasteiger charge is -2.28. The summed E-state index contributed by atoms with van der Waals surface area (Å²) in [5.41, 5.74) is 1.34. The Morgan fingerprint density at radius 1 is 1.35 bits per heavy atom. The molecule has 0 radical (unpaired) electrons. The van der Waals surface area contributed by atoms with Crippen molar-refractivity contribution in [1.82, 2.24) is 15.3 Å². The number of nitrogens with one attached hydrogen (secondary N) is 1. The summed E-state index contributed by atoms with van der Waals surface area (Å²) in [6.45, 7) is 2.01. The van der Waals surface area contributed by atoms with Gasteiger partial charge in [-0.1, -0.05) is 11.8 Å². The normalized spacial score (nSPS) is 21.1. The SMILES string of the molecule is Cc1csc(SC2CCC(NC(=O)c3ccc(F)cn3)CC2)n1. The molecule has 1 aliphatic carbocycles. The molecule has 0 aliphatic heterocycles. The van der Waals surface area contributed by atoms with Gasteiger partial charge in [-0.15, -0.1) is 11.3 Å². The molecule has 122 valence electrons. The van der Waals surface area contributed by atoms with Gasteiger partial charge in [0.05, 0.1) is 6.20 Å². The Labute approximate surface area is 142 Å². The molecule has 2 heterocycles. The lowest BCUT2D eigenvalue weighted by atomic mass is 9.95. The predicted molar refractivity (Wildman–Crippen MR) is 90.4 cm³/mol. The number of carbonyl (C=O) groups is 1. The Hall–Kier alpha value is -1.47. The van der Waals surface area contributed by atoms with Crippen molar-refractivity contribution in [3.63, 3.8) is 0 Å². The number of aryl methyl sites for hydroxylation is 1. The van der Waals surface area contributed by atoms with E-state index in [0.29, 0.717) is 5.25 Å². The third-order valence-corrected chi connectivity index (χ3v) is 6.26. The third kappa shape index (κ3) is 4.51. The number of pyridine rings is 1. The Kier molecular flexibility index (Phi) is 5.27. The molecule has 1 N–H and O–H groups in total. The van der Waals surface area contributed by atoms with E-state index in [1.54, 1.807) is 11.3 Å². The van der Waals surface area contributed by atoms with Crippen molar-refractivity contribution in [1.29, 1.82) is 0 Å². The van der Waals surface area contributed by atoms with Gasteiger partial charge in [-0.2, -0.15) is 0 Å². The molecule has 4 nitrogen and oxygen atoms in total. The highest BCUT2D eigenvalue weighted by Gasteiger charge is 2.24. The van der Waals surface area contributed by atoms with Crippen LogP contribution in [0, 0.1) is 12.7 Å². The number of hydrogen-bond acceptors (Lipinski definition) is 5. The maximum atomic E-state index is 12.8. The zero-order valence-electron chi connectivity index (χ0n) is 12.8. The maximum Gasteiger partial charge on any atom is 0.270 e. The number of thiazole rings is 1. The minimum atomic E-state index is -0.434. The van der Waals surface area contributed by atoms with E-state index in [1.807, 2.05) is 18.7 Å². The minimum absolute atomic E-state index is 0.171. The van der Waals surface area contributed by atoms with Gasteiger partial charge in [0.2, 0.25) is 0 Å². The molecule has 0 bridgehead atoms. The van der Waals surface area contributed by atoms with Crippen molar-refractivity contribution in [2.45, 2.75) is 48.2 Å². The molecule has 1 aliphatic rings. The van der Waals surface area contributed by atoms with Crippen molar-refractivity contribution in [2.75, 3.05) is 0 Å². The number of thioether (sulfide) groups is 1. The number of rotatable bonds is 4. The largest absolute Gasteiger partial charge is 0.348 e. The fraction of sp³-hybridized carbons (Fsp3) is 0.438. The molecule has 23 heavy (non-hydrogen) atoms. The fourth-order valence-corrected chi connectivity index (χ4v) is 4.91. The first-order valence-corrected chi connectivity index (χ1v) is 9.37. The summed E-state index contributed by atoms with van der Waals surface area (Å²) in [5, 5.41) is 5.64. The Morgan fingerprint density at radius 3 is 2.74 bits per heavy atom. The van der Waals surface area contributed by atoms with E-state index < -0.39 is 5.82 Å². The van der Waals surface area contributed by atoms with E-state index in [2.05, 4.69) is 20.7 Å². The monoisotopic (exact) mass is 351 g/mol. The van der Waals surface area contributed by atoms with Crippen LogP contribution in [-0.4, -0.2) is 27.2 Å². The van der Waals surface area contributed by atoms with Gasteiger partial charge in [-0.05, 0) is 44.7 Å². The molecule has 2 aromatic rings. The van der Waals surface area contributed by atoms with E-state index in [9.17, 15) is 9.18 Å². The van der Waals surface area contributed by atoms with Gasteiger partial charge < -0.3 is 5.32 Å². The average Bonchev–Trinajstić information content (AvgIpc) is 2.95. The molecule has 1 amide bonds. The second kappa shape index (κ2) is 7.40. The molecule has 1 saturated carbocycles. The van der Waals surface area contributed by atoms with Gasteiger partial charge in [0.15, 0.2) is 0 Å². The lowest BCUT2D eigenvalue weighted by molar-refractivity contribution is 0.0923. The first kappa shape index (κ1) is 16.4. The highest BCUT2D eigenvalue weighted by molar-refractivity contribution is 8.01. The summed E-state index contributed by atoms with van der Waals surface area (Å²) in [6.07, 6.45) is 5.10. The van der Waals surface area contributed by atoms with E-state index in [0.717, 1.165) is 41.9 Å². The average molecular weight is 351 g/mol. The molecule has 0 unspecified atom stereocenters. The van der Waals surface area contributed by atoms with Crippen molar-refractivity contribution in [3.8, 4) is 0 Å². The van der Waals surface area contributed by atoms with Crippen LogP contribution in [0.1, 0.15) is 41.9 Å². The number of nitrogens with zero attached hydrogens (tertiary/aromatic N) is 2. The molecule has 0 atom stereocenters. The maximum absolute atomic E-state index is 12.8.